The summed E-state index contributed by atoms with van der Waals surface area (Å²) in [6.07, 6.45) is 21.9. The van der Waals surface area contributed by atoms with Gasteiger partial charge in [0.15, 0.2) is 0 Å². The summed E-state index contributed by atoms with van der Waals surface area (Å²) in [6, 6.07) is 5.62. The summed E-state index contributed by atoms with van der Waals surface area (Å²) in [5, 5.41) is 0. The molecule has 0 heterocycles. The minimum atomic E-state index is -0.279. The second-order valence-electron chi connectivity index (χ2n) is 8.91. The number of benzene rings is 1. The van der Waals surface area contributed by atoms with Crippen LogP contribution in [0.2, 0.25) is 0 Å². The highest BCUT2D eigenvalue weighted by Crippen LogP contribution is 2.19. The van der Waals surface area contributed by atoms with Crippen LogP contribution in [0, 0.1) is 6.92 Å². The van der Waals surface area contributed by atoms with Crippen molar-refractivity contribution in [2.45, 2.75) is 124 Å². The number of carbonyl (C=O) groups is 1. The van der Waals surface area contributed by atoms with Gasteiger partial charge in [0.05, 0.1) is 18.8 Å². The number of hydrogen-bond acceptors (Lipinski definition) is 3. The van der Waals surface area contributed by atoms with Crippen LogP contribution in [0.4, 0.5) is 0 Å². The SMILES string of the molecule is CCCCCCCCCCCCCCCCCCOc1cc(C)cc(C(=O)OCC)c1. The topological polar surface area (TPSA) is 35.5 Å². The summed E-state index contributed by atoms with van der Waals surface area (Å²) >= 11 is 0. The number of ether oxygens (including phenoxy) is 2. The van der Waals surface area contributed by atoms with E-state index in [0.29, 0.717) is 18.8 Å². The Bertz CT molecular complexity index is 567. The van der Waals surface area contributed by atoms with Crippen molar-refractivity contribution in [3.05, 3.63) is 29.3 Å². The molecule has 0 fully saturated rings. The smallest absolute Gasteiger partial charge is 0.338 e. The first-order valence-electron chi connectivity index (χ1n) is 13.1. The Labute approximate surface area is 192 Å². The van der Waals surface area contributed by atoms with Gasteiger partial charge in [-0.1, -0.05) is 103 Å². The van der Waals surface area contributed by atoms with Gasteiger partial charge >= 0.3 is 5.97 Å². The molecular formula is C28H48O3. The van der Waals surface area contributed by atoms with Crippen LogP contribution in [0.15, 0.2) is 18.2 Å². The standard InChI is InChI=1S/C28H48O3/c1-4-6-7-8-9-10-11-12-13-14-15-16-17-18-19-20-21-31-27-23-25(3)22-26(24-27)28(29)30-5-2/h22-24H,4-21H2,1-3H3. The number of esters is 1. The Balaban J connectivity index is 1.93. The molecule has 1 rings (SSSR count). The monoisotopic (exact) mass is 432 g/mol. The lowest BCUT2D eigenvalue weighted by molar-refractivity contribution is 0.0525. The number of aryl methyl sites for hydroxylation is 1. The molecule has 0 amide bonds. The highest BCUT2D eigenvalue weighted by Gasteiger charge is 2.09. The van der Waals surface area contributed by atoms with E-state index in [4.69, 9.17) is 9.47 Å². The van der Waals surface area contributed by atoms with E-state index in [1.807, 2.05) is 26.0 Å². The van der Waals surface area contributed by atoms with Gasteiger partial charge in [-0.25, -0.2) is 4.79 Å². The van der Waals surface area contributed by atoms with E-state index in [0.717, 1.165) is 17.7 Å². The first kappa shape index (κ1) is 27.5. The van der Waals surface area contributed by atoms with Crippen molar-refractivity contribution in [2.75, 3.05) is 13.2 Å². The summed E-state index contributed by atoms with van der Waals surface area (Å²) in [4.78, 5) is 11.9. The number of carbonyl (C=O) groups excluding carboxylic acids is 1. The van der Waals surface area contributed by atoms with Gasteiger partial charge in [-0.2, -0.15) is 0 Å². The van der Waals surface area contributed by atoms with E-state index >= 15 is 0 Å². The summed E-state index contributed by atoms with van der Waals surface area (Å²) < 4.78 is 10.9. The van der Waals surface area contributed by atoms with E-state index in [-0.39, 0.29) is 5.97 Å². The van der Waals surface area contributed by atoms with Crippen molar-refractivity contribution in [1.82, 2.24) is 0 Å². The second kappa shape index (κ2) is 19.2. The van der Waals surface area contributed by atoms with Crippen molar-refractivity contribution >= 4 is 5.97 Å². The Hall–Kier alpha value is -1.51. The lowest BCUT2D eigenvalue weighted by Gasteiger charge is -2.09. The predicted molar refractivity (Wildman–Crippen MR) is 132 cm³/mol. The fourth-order valence-electron chi connectivity index (χ4n) is 4.00. The summed E-state index contributed by atoms with van der Waals surface area (Å²) in [7, 11) is 0. The van der Waals surface area contributed by atoms with Crippen LogP contribution in [-0.2, 0) is 4.74 Å². The summed E-state index contributed by atoms with van der Waals surface area (Å²) in [5.41, 5.74) is 1.59. The Kier molecular flexibility index (Phi) is 17.0. The summed E-state index contributed by atoms with van der Waals surface area (Å²) in [6.45, 7) is 7.19. The van der Waals surface area contributed by atoms with Crippen molar-refractivity contribution in [1.29, 1.82) is 0 Å². The maximum absolute atomic E-state index is 11.9. The highest BCUT2D eigenvalue weighted by atomic mass is 16.5. The van der Waals surface area contributed by atoms with Crippen molar-refractivity contribution in [3.63, 3.8) is 0 Å². The lowest BCUT2D eigenvalue weighted by Crippen LogP contribution is -2.06. The normalized spacial score (nSPS) is 10.9. The van der Waals surface area contributed by atoms with Gasteiger partial charge in [-0.15, -0.1) is 0 Å². The van der Waals surface area contributed by atoms with Crippen LogP contribution in [0.3, 0.4) is 0 Å². The van der Waals surface area contributed by atoms with Gasteiger partial charge in [0, 0.05) is 0 Å². The predicted octanol–water partition coefficient (Wildman–Crippen LogP) is 8.81. The largest absolute Gasteiger partial charge is 0.494 e. The molecule has 31 heavy (non-hydrogen) atoms. The Morgan fingerprint density at radius 1 is 0.677 bits per heavy atom. The van der Waals surface area contributed by atoms with Gasteiger partial charge in [0.1, 0.15) is 5.75 Å². The number of unbranched alkanes of at least 4 members (excludes halogenated alkanes) is 15. The maximum Gasteiger partial charge on any atom is 0.338 e. The Morgan fingerprint density at radius 2 is 1.16 bits per heavy atom. The average molecular weight is 433 g/mol. The first-order valence-corrected chi connectivity index (χ1v) is 13.1. The van der Waals surface area contributed by atoms with E-state index in [9.17, 15) is 4.79 Å². The second-order valence-corrected chi connectivity index (χ2v) is 8.91. The van der Waals surface area contributed by atoms with Gasteiger partial charge in [-0.3, -0.25) is 0 Å². The zero-order valence-corrected chi connectivity index (χ0v) is 20.7. The highest BCUT2D eigenvalue weighted by molar-refractivity contribution is 5.90. The van der Waals surface area contributed by atoms with Crippen LogP contribution in [0.5, 0.6) is 5.75 Å². The van der Waals surface area contributed by atoms with Crippen LogP contribution in [0.25, 0.3) is 0 Å². The molecule has 0 unspecified atom stereocenters. The molecule has 0 N–H and O–H groups in total. The molecule has 0 saturated carbocycles. The third-order valence-electron chi connectivity index (χ3n) is 5.83. The molecule has 0 atom stereocenters. The van der Waals surface area contributed by atoms with Gasteiger partial charge in [0.25, 0.3) is 0 Å². The molecular weight excluding hydrogens is 384 g/mol. The molecule has 3 heteroatoms. The van der Waals surface area contributed by atoms with Crippen molar-refractivity contribution in [3.8, 4) is 5.75 Å². The fourth-order valence-corrected chi connectivity index (χ4v) is 4.00. The number of hydrogen-bond donors (Lipinski definition) is 0. The van der Waals surface area contributed by atoms with E-state index < -0.39 is 0 Å². The lowest BCUT2D eigenvalue weighted by atomic mass is 10.0. The molecule has 0 saturated heterocycles. The van der Waals surface area contributed by atoms with E-state index in [1.54, 1.807) is 6.07 Å². The average Bonchev–Trinajstić information content (AvgIpc) is 2.75. The Morgan fingerprint density at radius 3 is 1.65 bits per heavy atom. The van der Waals surface area contributed by atoms with Crippen LogP contribution in [0.1, 0.15) is 133 Å². The molecule has 0 aliphatic rings. The van der Waals surface area contributed by atoms with Crippen LogP contribution >= 0.6 is 0 Å². The third kappa shape index (κ3) is 15.0. The zero-order valence-electron chi connectivity index (χ0n) is 20.7. The van der Waals surface area contributed by atoms with Crippen LogP contribution < -0.4 is 4.74 Å². The third-order valence-corrected chi connectivity index (χ3v) is 5.83. The summed E-state index contributed by atoms with van der Waals surface area (Å²) in [5.74, 6) is 0.488. The molecule has 0 bridgehead atoms. The number of rotatable bonds is 20. The molecule has 1 aromatic carbocycles. The molecule has 1 aromatic rings. The van der Waals surface area contributed by atoms with E-state index in [1.165, 1.54) is 96.3 Å². The molecule has 0 aromatic heterocycles. The minimum absolute atomic E-state index is 0.279. The van der Waals surface area contributed by atoms with Gasteiger partial charge < -0.3 is 9.47 Å². The minimum Gasteiger partial charge on any atom is -0.494 e. The molecule has 0 radical (unpaired) electrons. The van der Waals surface area contributed by atoms with Gasteiger partial charge in [0.2, 0.25) is 0 Å². The van der Waals surface area contributed by atoms with E-state index in [2.05, 4.69) is 6.92 Å². The maximum atomic E-state index is 11.9. The molecule has 0 aliphatic heterocycles. The quantitative estimate of drug-likeness (QED) is 0.152. The van der Waals surface area contributed by atoms with Gasteiger partial charge in [-0.05, 0) is 44.0 Å². The zero-order chi connectivity index (χ0) is 22.6. The molecule has 0 spiro atoms. The molecule has 178 valence electrons. The van der Waals surface area contributed by atoms with Crippen LogP contribution in [-0.4, -0.2) is 19.2 Å². The van der Waals surface area contributed by atoms with Crippen molar-refractivity contribution < 1.29 is 14.3 Å². The molecule has 0 aliphatic carbocycles. The van der Waals surface area contributed by atoms with Crippen molar-refractivity contribution in [2.24, 2.45) is 0 Å². The fraction of sp³-hybridized carbons (Fsp3) is 0.750. The molecule has 3 nitrogen and oxygen atoms in total. The first-order chi connectivity index (χ1) is 15.2.